The molecule has 5 rings (SSSR count). The number of aromatic nitrogens is 2. The van der Waals surface area contributed by atoms with E-state index in [2.05, 4.69) is 26.1 Å². The number of carbonyl (C=O) groups is 1. The van der Waals surface area contributed by atoms with E-state index in [1.807, 2.05) is 18.2 Å². The van der Waals surface area contributed by atoms with E-state index < -0.39 is 0 Å². The number of ether oxygens (including phenoxy) is 2. The first-order valence-corrected chi connectivity index (χ1v) is 9.81. The smallest absolute Gasteiger partial charge is 0.232 e. The van der Waals surface area contributed by atoms with Crippen LogP contribution in [0.1, 0.15) is 23.8 Å². The standard InChI is InChI=1S/C20H15BrFN3O4/c21-14-6-12(2-3-15(14)22)19-23-20(29-24-19)13-7-18(26)25(9-13)8-11-1-4-16-17(5-11)28-10-27-16/h1-6,13H,7-10H2. The zero-order valence-corrected chi connectivity index (χ0v) is 16.7. The Morgan fingerprint density at radius 3 is 2.90 bits per heavy atom. The summed E-state index contributed by atoms with van der Waals surface area (Å²) in [6.45, 7) is 1.17. The van der Waals surface area contributed by atoms with E-state index in [0.29, 0.717) is 52.8 Å². The summed E-state index contributed by atoms with van der Waals surface area (Å²) in [5.41, 5.74) is 1.60. The maximum atomic E-state index is 13.4. The lowest BCUT2D eigenvalue weighted by Gasteiger charge is -2.16. The van der Waals surface area contributed by atoms with Crippen LogP contribution in [0.2, 0.25) is 0 Å². The Kier molecular flexibility index (Phi) is 4.46. The molecule has 0 saturated carbocycles. The molecule has 1 fully saturated rings. The summed E-state index contributed by atoms with van der Waals surface area (Å²) in [6, 6.07) is 10.2. The Labute approximate surface area is 173 Å². The summed E-state index contributed by atoms with van der Waals surface area (Å²) in [7, 11) is 0. The molecule has 9 heteroatoms. The van der Waals surface area contributed by atoms with Gasteiger partial charge in [0.25, 0.3) is 0 Å². The minimum Gasteiger partial charge on any atom is -0.454 e. The van der Waals surface area contributed by atoms with Gasteiger partial charge in [-0.15, -0.1) is 0 Å². The van der Waals surface area contributed by atoms with Crippen molar-refractivity contribution in [2.75, 3.05) is 13.3 Å². The van der Waals surface area contributed by atoms with Gasteiger partial charge in [-0.3, -0.25) is 4.79 Å². The lowest BCUT2D eigenvalue weighted by Crippen LogP contribution is -2.24. The van der Waals surface area contributed by atoms with Gasteiger partial charge in [0, 0.05) is 25.1 Å². The second-order valence-corrected chi connectivity index (χ2v) is 7.80. The summed E-state index contributed by atoms with van der Waals surface area (Å²) >= 11 is 3.15. The first-order chi connectivity index (χ1) is 14.1. The van der Waals surface area contributed by atoms with Crippen LogP contribution in [0.3, 0.4) is 0 Å². The molecule has 0 aliphatic carbocycles. The van der Waals surface area contributed by atoms with Gasteiger partial charge in [0.15, 0.2) is 11.5 Å². The van der Waals surface area contributed by atoms with Crippen molar-refractivity contribution < 1.29 is 23.2 Å². The zero-order valence-electron chi connectivity index (χ0n) is 15.1. The topological polar surface area (TPSA) is 77.7 Å². The van der Waals surface area contributed by atoms with Gasteiger partial charge in [0.2, 0.25) is 24.4 Å². The number of fused-ring (bicyclic) bond motifs is 1. The van der Waals surface area contributed by atoms with Crippen LogP contribution in [0.25, 0.3) is 11.4 Å². The molecule has 1 amide bonds. The fourth-order valence-electron chi connectivity index (χ4n) is 3.50. The highest BCUT2D eigenvalue weighted by atomic mass is 79.9. The number of hydrogen-bond acceptors (Lipinski definition) is 6. The van der Waals surface area contributed by atoms with E-state index in [4.69, 9.17) is 14.0 Å². The fraction of sp³-hybridized carbons (Fsp3) is 0.250. The maximum absolute atomic E-state index is 13.4. The first kappa shape index (κ1) is 18.1. The molecule has 0 radical (unpaired) electrons. The molecule has 2 aromatic carbocycles. The highest BCUT2D eigenvalue weighted by Gasteiger charge is 2.34. The van der Waals surface area contributed by atoms with E-state index in [1.54, 1.807) is 17.0 Å². The van der Waals surface area contributed by atoms with Gasteiger partial charge < -0.3 is 18.9 Å². The molecule has 0 N–H and O–H groups in total. The van der Waals surface area contributed by atoms with Gasteiger partial charge in [0.1, 0.15) is 5.82 Å². The largest absolute Gasteiger partial charge is 0.454 e. The summed E-state index contributed by atoms with van der Waals surface area (Å²) in [5, 5.41) is 3.99. The minimum absolute atomic E-state index is 0.0249. The van der Waals surface area contributed by atoms with Crippen molar-refractivity contribution >= 4 is 21.8 Å². The normalized spacial score (nSPS) is 17.9. The summed E-state index contributed by atoms with van der Waals surface area (Å²) < 4.78 is 29.9. The maximum Gasteiger partial charge on any atom is 0.232 e. The van der Waals surface area contributed by atoms with Gasteiger partial charge in [0.05, 0.1) is 10.4 Å². The fourth-order valence-corrected chi connectivity index (χ4v) is 3.88. The van der Waals surface area contributed by atoms with Crippen LogP contribution >= 0.6 is 15.9 Å². The van der Waals surface area contributed by atoms with Crippen LogP contribution < -0.4 is 9.47 Å². The molecule has 29 heavy (non-hydrogen) atoms. The van der Waals surface area contributed by atoms with Crippen LogP contribution in [-0.4, -0.2) is 34.3 Å². The summed E-state index contributed by atoms with van der Waals surface area (Å²) in [5.74, 6) is 1.66. The Morgan fingerprint density at radius 1 is 1.17 bits per heavy atom. The van der Waals surface area contributed by atoms with Gasteiger partial charge >= 0.3 is 0 Å². The van der Waals surface area contributed by atoms with Crippen LogP contribution in [0.4, 0.5) is 4.39 Å². The van der Waals surface area contributed by atoms with Crippen molar-refractivity contribution in [1.29, 1.82) is 0 Å². The van der Waals surface area contributed by atoms with Gasteiger partial charge in [-0.2, -0.15) is 4.98 Å². The number of rotatable bonds is 4. The molecule has 7 nitrogen and oxygen atoms in total. The number of nitrogens with zero attached hydrogens (tertiary/aromatic N) is 3. The number of benzene rings is 2. The van der Waals surface area contributed by atoms with Crippen molar-refractivity contribution in [3.05, 3.63) is 58.1 Å². The third-order valence-corrected chi connectivity index (χ3v) is 5.60. The minimum atomic E-state index is -0.363. The third-order valence-electron chi connectivity index (χ3n) is 4.99. The monoisotopic (exact) mass is 459 g/mol. The number of halogens is 2. The highest BCUT2D eigenvalue weighted by Crippen LogP contribution is 2.34. The molecule has 1 atom stereocenters. The number of amides is 1. The molecular weight excluding hydrogens is 445 g/mol. The van der Waals surface area contributed by atoms with Gasteiger partial charge in [-0.05, 0) is 51.8 Å². The highest BCUT2D eigenvalue weighted by molar-refractivity contribution is 9.10. The lowest BCUT2D eigenvalue weighted by molar-refractivity contribution is -0.128. The van der Waals surface area contributed by atoms with Crippen LogP contribution in [0.15, 0.2) is 45.4 Å². The predicted octanol–water partition coefficient (Wildman–Crippen LogP) is 3.88. The first-order valence-electron chi connectivity index (χ1n) is 9.02. The SMILES string of the molecule is O=C1CC(c2nc(-c3ccc(F)c(Br)c3)no2)CN1Cc1ccc2c(c1)OCO2. The van der Waals surface area contributed by atoms with Crippen molar-refractivity contribution in [2.45, 2.75) is 18.9 Å². The second kappa shape index (κ2) is 7.14. The zero-order chi connectivity index (χ0) is 20.0. The molecule has 2 aliphatic rings. The predicted molar refractivity (Wildman–Crippen MR) is 103 cm³/mol. The molecule has 0 spiro atoms. The summed E-state index contributed by atoms with van der Waals surface area (Å²) in [4.78, 5) is 18.7. The van der Waals surface area contributed by atoms with E-state index >= 15 is 0 Å². The van der Waals surface area contributed by atoms with Gasteiger partial charge in [-0.1, -0.05) is 11.2 Å². The Morgan fingerprint density at radius 2 is 2.03 bits per heavy atom. The Hall–Kier alpha value is -2.94. The molecular formula is C20H15BrFN3O4. The third kappa shape index (κ3) is 3.46. The van der Waals surface area contributed by atoms with Crippen molar-refractivity contribution in [2.24, 2.45) is 0 Å². The molecule has 0 bridgehead atoms. The van der Waals surface area contributed by atoms with E-state index in [1.165, 1.54) is 6.07 Å². The van der Waals surface area contributed by atoms with Crippen LogP contribution in [0, 0.1) is 5.82 Å². The lowest BCUT2D eigenvalue weighted by atomic mass is 10.1. The molecule has 1 saturated heterocycles. The van der Waals surface area contributed by atoms with E-state index in [-0.39, 0.29) is 24.4 Å². The number of hydrogen-bond donors (Lipinski definition) is 0. The van der Waals surface area contributed by atoms with Gasteiger partial charge in [-0.25, -0.2) is 4.39 Å². The van der Waals surface area contributed by atoms with Crippen molar-refractivity contribution in [3.63, 3.8) is 0 Å². The molecule has 148 valence electrons. The van der Waals surface area contributed by atoms with Crippen molar-refractivity contribution in [1.82, 2.24) is 15.0 Å². The Balaban J connectivity index is 1.30. The molecule has 1 unspecified atom stereocenters. The average molecular weight is 460 g/mol. The van der Waals surface area contributed by atoms with Crippen LogP contribution in [0.5, 0.6) is 11.5 Å². The molecule has 2 aliphatic heterocycles. The second-order valence-electron chi connectivity index (χ2n) is 6.95. The Bertz CT molecular complexity index is 1100. The quantitative estimate of drug-likeness (QED) is 0.588. The van der Waals surface area contributed by atoms with E-state index in [9.17, 15) is 9.18 Å². The molecule has 1 aromatic heterocycles. The molecule has 3 heterocycles. The number of likely N-dealkylation sites (tertiary alicyclic amines) is 1. The average Bonchev–Trinajstić information content (AvgIpc) is 3.44. The number of carbonyl (C=O) groups excluding carboxylic acids is 1. The molecule has 3 aromatic rings. The van der Waals surface area contributed by atoms with E-state index in [0.717, 1.165) is 5.56 Å². The summed E-state index contributed by atoms with van der Waals surface area (Å²) in [6.07, 6.45) is 0.305. The van der Waals surface area contributed by atoms with Crippen molar-refractivity contribution in [3.8, 4) is 22.9 Å². The van der Waals surface area contributed by atoms with Crippen LogP contribution in [-0.2, 0) is 11.3 Å².